The normalized spacial score (nSPS) is 10.8. The Hall–Kier alpha value is 0.276. The van der Waals surface area contributed by atoms with Gasteiger partial charge < -0.3 is 24.3 Å². The van der Waals surface area contributed by atoms with Gasteiger partial charge in [0.2, 0.25) is 0 Å². The molecule has 0 rings (SSSR count). The number of carboxylic acids is 2. The number of quaternary nitrogens is 1. The van der Waals surface area contributed by atoms with E-state index in [-0.39, 0.29) is 51.4 Å². The average molecular weight is 396 g/mol. The molecule has 0 aromatic heterocycles. The topological polar surface area (TPSA) is 80.3 Å². The standard InChI is InChI=1S/C16H36N.C4H4O4.K/c1-5-9-13-17(14-10-6-2,15-11-7-3)16-12-8-4;5-3(6)1-2-4(7)8;/h5-16H2,1-4H3;1-2H,(H,5,6)(H,7,8);/q+1;;+1/p-2/b;2-1-;. The molecular formula is C20H38KNO4. The number of carboxylic acid groups (broad SMARTS) is 2. The van der Waals surface area contributed by atoms with Crippen LogP contribution in [0.4, 0.5) is 0 Å². The second-order valence-electron chi connectivity index (χ2n) is 6.62. The van der Waals surface area contributed by atoms with E-state index in [1.165, 1.54) is 82.0 Å². The Balaban J connectivity index is -0.000000498. The van der Waals surface area contributed by atoms with E-state index in [0.29, 0.717) is 12.2 Å². The SMILES string of the molecule is CCCC[N+](CCCC)(CCCC)CCCC.O=C([O-])/C=C\C(=O)[O-].[K+]. The number of aliphatic carboxylic acids is 2. The first-order chi connectivity index (χ1) is 11.9. The first kappa shape index (κ1) is 31.0. The van der Waals surface area contributed by atoms with Gasteiger partial charge in [-0.1, -0.05) is 53.4 Å². The van der Waals surface area contributed by atoms with Crippen molar-refractivity contribution in [3.63, 3.8) is 0 Å². The number of unbranched alkanes of at least 4 members (excludes halogenated alkanes) is 4. The first-order valence-corrected chi connectivity index (χ1v) is 9.82. The van der Waals surface area contributed by atoms with Crippen LogP contribution in [0.1, 0.15) is 79.1 Å². The number of carbonyl (C=O) groups excluding carboxylic acids is 2. The van der Waals surface area contributed by atoms with E-state index < -0.39 is 11.9 Å². The molecule has 0 saturated heterocycles. The Kier molecular flexibility index (Phi) is 25.7. The summed E-state index contributed by atoms with van der Waals surface area (Å²) in [7, 11) is 0. The van der Waals surface area contributed by atoms with Crippen molar-refractivity contribution in [2.24, 2.45) is 0 Å². The molecule has 0 aromatic rings. The first-order valence-electron chi connectivity index (χ1n) is 9.82. The van der Waals surface area contributed by atoms with E-state index >= 15 is 0 Å². The van der Waals surface area contributed by atoms with Gasteiger partial charge in [-0.25, -0.2) is 0 Å². The zero-order chi connectivity index (χ0) is 19.6. The van der Waals surface area contributed by atoms with E-state index in [0.717, 1.165) is 0 Å². The molecule has 0 spiro atoms. The van der Waals surface area contributed by atoms with Gasteiger partial charge in [0.25, 0.3) is 0 Å². The fraction of sp³-hybridized carbons (Fsp3) is 0.800. The molecule has 0 atom stereocenters. The molecule has 148 valence electrons. The number of hydrogen-bond donors (Lipinski definition) is 0. The Morgan fingerprint density at radius 2 is 0.885 bits per heavy atom. The molecule has 0 bridgehead atoms. The predicted octanol–water partition coefficient (Wildman–Crippen LogP) is -0.950. The van der Waals surface area contributed by atoms with Crippen LogP contribution in [0.3, 0.4) is 0 Å². The van der Waals surface area contributed by atoms with Gasteiger partial charge in [-0.05, 0) is 37.8 Å². The third-order valence-corrected chi connectivity index (χ3v) is 4.30. The van der Waals surface area contributed by atoms with Crippen molar-refractivity contribution in [1.82, 2.24) is 0 Å². The Morgan fingerprint density at radius 3 is 1.04 bits per heavy atom. The van der Waals surface area contributed by atoms with Crippen molar-refractivity contribution >= 4 is 11.9 Å². The van der Waals surface area contributed by atoms with E-state index in [9.17, 15) is 19.8 Å². The number of carbonyl (C=O) groups is 2. The molecule has 0 radical (unpaired) electrons. The van der Waals surface area contributed by atoms with Crippen molar-refractivity contribution < 1.29 is 75.7 Å². The molecule has 0 saturated carbocycles. The van der Waals surface area contributed by atoms with Gasteiger partial charge in [0.05, 0.1) is 38.1 Å². The van der Waals surface area contributed by atoms with E-state index in [2.05, 4.69) is 27.7 Å². The zero-order valence-corrected chi connectivity index (χ0v) is 20.8. The Labute approximate surface area is 203 Å². The van der Waals surface area contributed by atoms with Crippen LogP contribution in [0.25, 0.3) is 0 Å². The monoisotopic (exact) mass is 395 g/mol. The van der Waals surface area contributed by atoms with Crippen LogP contribution in [0, 0.1) is 0 Å². The molecule has 0 amide bonds. The van der Waals surface area contributed by atoms with Crippen molar-refractivity contribution in [3.8, 4) is 0 Å². The van der Waals surface area contributed by atoms with Gasteiger partial charge in [-0.3, -0.25) is 0 Å². The Bertz CT molecular complexity index is 319. The molecule has 0 aliphatic carbocycles. The van der Waals surface area contributed by atoms with Gasteiger partial charge in [0.15, 0.2) is 0 Å². The number of hydrogen-bond acceptors (Lipinski definition) is 4. The molecule has 0 aromatic carbocycles. The number of rotatable bonds is 14. The van der Waals surface area contributed by atoms with Crippen LogP contribution in [-0.4, -0.2) is 42.6 Å². The third-order valence-electron chi connectivity index (χ3n) is 4.30. The Morgan fingerprint density at radius 1 is 0.654 bits per heavy atom. The molecule has 0 heterocycles. The molecule has 0 aliphatic heterocycles. The molecule has 0 N–H and O–H groups in total. The van der Waals surface area contributed by atoms with E-state index in [4.69, 9.17) is 0 Å². The summed E-state index contributed by atoms with van der Waals surface area (Å²) >= 11 is 0. The average Bonchev–Trinajstić information content (AvgIpc) is 2.59. The largest absolute Gasteiger partial charge is 1.00 e. The summed E-state index contributed by atoms with van der Waals surface area (Å²) < 4.78 is 1.42. The van der Waals surface area contributed by atoms with Crippen LogP contribution in [0.15, 0.2) is 12.2 Å². The van der Waals surface area contributed by atoms with E-state index in [1.807, 2.05) is 0 Å². The summed E-state index contributed by atoms with van der Waals surface area (Å²) in [6.45, 7) is 15.0. The van der Waals surface area contributed by atoms with E-state index in [1.54, 1.807) is 0 Å². The molecule has 6 heteroatoms. The second kappa shape index (κ2) is 21.6. The van der Waals surface area contributed by atoms with Crippen molar-refractivity contribution in [1.29, 1.82) is 0 Å². The second-order valence-corrected chi connectivity index (χ2v) is 6.62. The zero-order valence-electron chi connectivity index (χ0n) is 17.7. The minimum absolute atomic E-state index is 0. The molecule has 0 fully saturated rings. The summed E-state index contributed by atoms with van der Waals surface area (Å²) in [6, 6.07) is 0. The minimum atomic E-state index is -1.55. The summed E-state index contributed by atoms with van der Waals surface area (Å²) in [5.74, 6) is -3.09. The van der Waals surface area contributed by atoms with Crippen molar-refractivity contribution in [2.75, 3.05) is 26.2 Å². The van der Waals surface area contributed by atoms with Crippen LogP contribution in [0.2, 0.25) is 0 Å². The molecule has 0 unspecified atom stereocenters. The molecule has 5 nitrogen and oxygen atoms in total. The van der Waals surface area contributed by atoms with Crippen LogP contribution >= 0.6 is 0 Å². The number of nitrogens with zero attached hydrogens (tertiary/aromatic N) is 1. The summed E-state index contributed by atoms with van der Waals surface area (Å²) in [5, 5.41) is 18.8. The maximum Gasteiger partial charge on any atom is 1.00 e. The minimum Gasteiger partial charge on any atom is -0.545 e. The smallest absolute Gasteiger partial charge is 0.545 e. The van der Waals surface area contributed by atoms with Gasteiger partial charge in [0, 0.05) is 0 Å². The van der Waals surface area contributed by atoms with Gasteiger partial charge in [0.1, 0.15) is 0 Å². The maximum absolute atomic E-state index is 9.41. The van der Waals surface area contributed by atoms with Gasteiger partial charge in [-0.2, -0.15) is 0 Å². The van der Waals surface area contributed by atoms with Crippen LogP contribution in [0.5, 0.6) is 0 Å². The maximum atomic E-state index is 9.41. The van der Waals surface area contributed by atoms with Gasteiger partial charge in [-0.15, -0.1) is 0 Å². The molecular weight excluding hydrogens is 357 g/mol. The van der Waals surface area contributed by atoms with Crippen LogP contribution in [-0.2, 0) is 9.59 Å². The third kappa shape index (κ3) is 20.6. The fourth-order valence-corrected chi connectivity index (χ4v) is 2.78. The van der Waals surface area contributed by atoms with Gasteiger partial charge >= 0.3 is 51.4 Å². The molecule has 0 aliphatic rings. The predicted molar refractivity (Wildman–Crippen MR) is 98.5 cm³/mol. The molecule has 26 heavy (non-hydrogen) atoms. The fourth-order valence-electron chi connectivity index (χ4n) is 2.78. The van der Waals surface area contributed by atoms with Crippen LogP contribution < -0.4 is 61.6 Å². The quantitative estimate of drug-likeness (QED) is 0.216. The summed E-state index contributed by atoms with van der Waals surface area (Å²) in [4.78, 5) is 18.8. The summed E-state index contributed by atoms with van der Waals surface area (Å²) in [6.07, 6.45) is 11.8. The van der Waals surface area contributed by atoms with Crippen molar-refractivity contribution in [2.45, 2.75) is 79.1 Å². The van der Waals surface area contributed by atoms with Crippen molar-refractivity contribution in [3.05, 3.63) is 12.2 Å². The summed E-state index contributed by atoms with van der Waals surface area (Å²) in [5.41, 5.74) is 0.